The highest BCUT2D eigenvalue weighted by molar-refractivity contribution is 5.78. The van der Waals surface area contributed by atoms with Gasteiger partial charge in [0, 0.05) is 6.42 Å². The van der Waals surface area contributed by atoms with Gasteiger partial charge in [0.2, 0.25) is 0 Å². The molecule has 0 aromatic rings. The quantitative estimate of drug-likeness (QED) is 0.275. The van der Waals surface area contributed by atoms with E-state index in [0.29, 0.717) is 6.42 Å². The lowest BCUT2D eigenvalue weighted by Gasteiger charge is -1.78. The maximum absolute atomic E-state index is 6.63. The number of rotatable bonds is 1. The van der Waals surface area contributed by atoms with E-state index in [1.807, 2.05) is 0 Å². The van der Waals surface area contributed by atoms with Gasteiger partial charge < -0.3 is 0 Å². The summed E-state index contributed by atoms with van der Waals surface area (Å²) in [5.41, 5.74) is 6.21. The van der Waals surface area contributed by atoms with E-state index in [2.05, 4.69) is 5.11 Å². The first kappa shape index (κ1) is 5.27. The second kappa shape index (κ2) is 2.50. The second-order valence-corrected chi connectivity index (χ2v) is 0.912. The fourth-order valence-corrected chi connectivity index (χ4v) is 0.0791. The van der Waals surface area contributed by atoms with Crippen molar-refractivity contribution in [1.29, 1.82) is 10.9 Å². The Kier molecular flexibility index (Phi) is 2.20. The molecule has 0 unspecified atom stereocenters. The van der Waals surface area contributed by atoms with E-state index < -0.39 is 0 Å². The molecule has 0 aromatic carbocycles. The highest BCUT2D eigenvalue weighted by Gasteiger charge is 1.79. The van der Waals surface area contributed by atoms with Crippen LogP contribution in [0, 0.1) is 10.9 Å². The van der Waals surface area contributed by atoms with Crippen LogP contribution in [0.25, 0.3) is 0 Å². The van der Waals surface area contributed by atoms with Gasteiger partial charge in [-0.05, 0) is 0 Å². The molecule has 0 saturated carbocycles. The number of hydrogen-bond acceptors (Lipinski definition) is 2. The normalized spacial score (nSPS) is 7.50. The Labute approximate surface area is 36.4 Å². The van der Waals surface area contributed by atoms with Gasteiger partial charge in [0.15, 0.2) is 0 Å². The fraction of sp³-hybridized carbons (Fsp3) is 0.667. The zero-order chi connectivity index (χ0) is 4.99. The van der Waals surface area contributed by atoms with E-state index in [1.165, 1.54) is 0 Å². The molecule has 0 aliphatic heterocycles. The summed E-state index contributed by atoms with van der Waals surface area (Å²) in [5.74, 6) is 0.134. The summed E-state index contributed by atoms with van der Waals surface area (Å²) < 4.78 is 0. The maximum atomic E-state index is 6.63. The van der Waals surface area contributed by atoms with Gasteiger partial charge in [0.05, 0.1) is 0 Å². The van der Waals surface area contributed by atoms with Crippen molar-refractivity contribution in [3.05, 3.63) is 0 Å². The summed E-state index contributed by atoms with van der Waals surface area (Å²) in [6, 6.07) is 0. The van der Waals surface area contributed by atoms with E-state index >= 15 is 0 Å². The summed E-state index contributed by atoms with van der Waals surface area (Å²) in [7, 11) is 0. The fourth-order valence-electron chi connectivity index (χ4n) is 0.0791. The van der Waals surface area contributed by atoms with Gasteiger partial charge in [0.1, 0.15) is 5.84 Å². The molecule has 34 valence electrons. The Morgan fingerprint density at radius 3 is 2.33 bits per heavy atom. The van der Waals surface area contributed by atoms with Crippen LogP contribution < -0.4 is 0 Å². The highest BCUT2D eigenvalue weighted by atomic mass is 15.0. The minimum Gasteiger partial charge on any atom is -0.285 e. The van der Waals surface area contributed by atoms with Crippen molar-refractivity contribution < 1.29 is 0 Å². The molecule has 0 aliphatic rings. The Hall–Kier alpha value is -0.730. The highest BCUT2D eigenvalue weighted by Crippen LogP contribution is 1.78. The molecule has 2 N–H and O–H groups in total. The number of nitrogens with one attached hydrogen (secondary N) is 2. The third kappa shape index (κ3) is 1.58. The Morgan fingerprint density at radius 2 is 2.33 bits per heavy atom. The number of nitrogens with zero attached hydrogens (tertiary/aromatic N) is 1. The number of amidine groups is 1. The third-order valence-corrected chi connectivity index (χ3v) is 0.470. The Balaban J connectivity index is 3.23. The summed E-state index contributed by atoms with van der Waals surface area (Å²) in [6.07, 6.45) is 0.559. The summed E-state index contributed by atoms with van der Waals surface area (Å²) >= 11 is 0. The van der Waals surface area contributed by atoms with Gasteiger partial charge in [-0.1, -0.05) is 6.92 Å². The summed E-state index contributed by atoms with van der Waals surface area (Å²) in [4.78, 5) is 0. The van der Waals surface area contributed by atoms with Crippen molar-refractivity contribution >= 4 is 5.84 Å². The number of hydrogen-bond donors (Lipinski definition) is 2. The van der Waals surface area contributed by atoms with Crippen LogP contribution in [0.15, 0.2) is 5.11 Å². The van der Waals surface area contributed by atoms with Gasteiger partial charge in [-0.3, -0.25) is 5.41 Å². The largest absolute Gasteiger partial charge is 0.285 e. The van der Waals surface area contributed by atoms with Crippen molar-refractivity contribution in [3.8, 4) is 0 Å². The van der Waals surface area contributed by atoms with Crippen molar-refractivity contribution in [2.75, 3.05) is 0 Å². The van der Waals surface area contributed by atoms with Gasteiger partial charge in [0.25, 0.3) is 0 Å². The molecule has 3 nitrogen and oxygen atoms in total. The predicted molar refractivity (Wildman–Crippen MR) is 23.2 cm³/mol. The molecule has 0 atom stereocenters. The molecular weight excluding hydrogens is 78.1 g/mol. The van der Waals surface area contributed by atoms with Crippen LogP contribution in [0.2, 0.25) is 0 Å². The molecule has 0 aromatic heterocycles. The molecule has 6 heavy (non-hydrogen) atoms. The van der Waals surface area contributed by atoms with Crippen molar-refractivity contribution in [3.63, 3.8) is 0 Å². The molecule has 0 bridgehead atoms. The summed E-state index contributed by atoms with van der Waals surface area (Å²) in [5, 5.41) is 9.47. The van der Waals surface area contributed by atoms with Crippen molar-refractivity contribution in [2.24, 2.45) is 5.11 Å². The van der Waals surface area contributed by atoms with Gasteiger partial charge in [-0.25, -0.2) is 5.53 Å². The monoisotopic (exact) mass is 85.1 g/mol. The zero-order valence-corrected chi connectivity index (χ0v) is 3.65. The third-order valence-electron chi connectivity index (χ3n) is 0.470. The lowest BCUT2D eigenvalue weighted by atomic mass is 10.5. The van der Waals surface area contributed by atoms with Crippen LogP contribution in [0.1, 0.15) is 13.3 Å². The molecule has 0 rings (SSSR count). The Morgan fingerprint density at radius 1 is 1.83 bits per heavy atom. The molecule has 0 spiro atoms. The average Bonchev–Trinajstić information content (AvgIpc) is 1.65. The molecule has 0 heterocycles. The molecular formula is C3H7N3. The van der Waals surface area contributed by atoms with Gasteiger partial charge >= 0.3 is 0 Å². The van der Waals surface area contributed by atoms with E-state index in [9.17, 15) is 0 Å². The minimum absolute atomic E-state index is 0.134. The average molecular weight is 85.1 g/mol. The van der Waals surface area contributed by atoms with Gasteiger partial charge in [-0.2, -0.15) is 0 Å². The Bertz CT molecular complexity index is 66.4. The van der Waals surface area contributed by atoms with E-state index in [1.54, 1.807) is 6.92 Å². The lowest BCUT2D eigenvalue weighted by Crippen LogP contribution is -1.81. The van der Waals surface area contributed by atoms with Crippen LogP contribution in [-0.2, 0) is 0 Å². The molecule has 0 fully saturated rings. The first-order chi connectivity index (χ1) is 2.81. The van der Waals surface area contributed by atoms with Crippen LogP contribution in [-0.4, -0.2) is 5.84 Å². The van der Waals surface area contributed by atoms with Crippen molar-refractivity contribution in [1.82, 2.24) is 0 Å². The predicted octanol–water partition coefficient (Wildman–Crippen LogP) is 1.40. The van der Waals surface area contributed by atoms with E-state index in [0.717, 1.165) is 0 Å². The minimum atomic E-state index is 0.134. The van der Waals surface area contributed by atoms with Crippen LogP contribution in [0.5, 0.6) is 0 Å². The molecule has 3 heteroatoms. The van der Waals surface area contributed by atoms with Crippen LogP contribution >= 0.6 is 0 Å². The van der Waals surface area contributed by atoms with Gasteiger partial charge in [-0.15, -0.1) is 5.11 Å². The second-order valence-electron chi connectivity index (χ2n) is 0.912. The first-order valence-corrected chi connectivity index (χ1v) is 1.76. The molecule has 0 saturated heterocycles. The maximum Gasteiger partial charge on any atom is 0.142 e. The molecule has 0 amide bonds. The van der Waals surface area contributed by atoms with Crippen molar-refractivity contribution in [2.45, 2.75) is 13.3 Å². The topological polar surface area (TPSA) is 60.1 Å². The van der Waals surface area contributed by atoms with Crippen LogP contribution in [0.4, 0.5) is 0 Å². The molecule has 0 aliphatic carbocycles. The lowest BCUT2D eigenvalue weighted by molar-refractivity contribution is 1.09. The molecule has 0 radical (unpaired) electrons. The van der Waals surface area contributed by atoms with Crippen LogP contribution in [0.3, 0.4) is 0 Å². The van der Waals surface area contributed by atoms with E-state index in [-0.39, 0.29) is 5.84 Å². The zero-order valence-electron chi connectivity index (χ0n) is 3.65. The SMILES string of the molecule is CCC(=N)N=N. The summed E-state index contributed by atoms with van der Waals surface area (Å²) in [6.45, 7) is 1.79. The van der Waals surface area contributed by atoms with E-state index in [4.69, 9.17) is 10.9 Å². The smallest absolute Gasteiger partial charge is 0.142 e. The first-order valence-electron chi connectivity index (χ1n) is 1.76. The standard InChI is InChI=1S/C3H7N3/c1-2-3(4)6-5/h4-5H,2H2,1H3.